The number of nitrogens with zero attached hydrogens (tertiary/aromatic N) is 1. The van der Waals surface area contributed by atoms with Gasteiger partial charge in [-0.15, -0.1) is 0 Å². The first kappa shape index (κ1) is 9.51. The maximum atomic E-state index is 2.64. The van der Waals surface area contributed by atoms with Crippen LogP contribution in [0.2, 0.25) is 0 Å². The lowest BCUT2D eigenvalue weighted by Gasteiger charge is -2.44. The molecule has 0 aromatic heterocycles. The monoisotopic (exact) mass is 181 g/mol. The molecule has 2 unspecified atom stereocenters. The van der Waals surface area contributed by atoms with Crippen molar-refractivity contribution in [3.8, 4) is 0 Å². The minimum Gasteiger partial charge on any atom is -0.303 e. The van der Waals surface area contributed by atoms with Crippen molar-refractivity contribution >= 4 is 0 Å². The Labute approximate surface area is 82.5 Å². The predicted molar refractivity (Wildman–Crippen MR) is 56.7 cm³/mol. The van der Waals surface area contributed by atoms with Crippen molar-refractivity contribution in [1.29, 1.82) is 0 Å². The summed E-state index contributed by atoms with van der Waals surface area (Å²) in [6, 6.07) is 0. The molecule has 1 saturated heterocycles. The fourth-order valence-corrected chi connectivity index (χ4v) is 2.94. The van der Waals surface area contributed by atoms with E-state index in [2.05, 4.69) is 18.7 Å². The molecule has 0 N–H and O–H groups in total. The summed E-state index contributed by atoms with van der Waals surface area (Å²) in [5.41, 5.74) is 0. The smallest absolute Gasteiger partial charge is 0.00147 e. The summed E-state index contributed by atoms with van der Waals surface area (Å²) in [5, 5.41) is 0. The molecule has 76 valence electrons. The third kappa shape index (κ3) is 1.90. The molecule has 1 saturated carbocycles. The zero-order chi connectivity index (χ0) is 9.26. The van der Waals surface area contributed by atoms with Crippen LogP contribution in [0, 0.1) is 17.8 Å². The second-order valence-electron chi connectivity index (χ2n) is 5.01. The molecular weight excluding hydrogens is 158 g/mol. The second-order valence-corrected chi connectivity index (χ2v) is 5.01. The van der Waals surface area contributed by atoms with Crippen LogP contribution in [0.4, 0.5) is 0 Å². The van der Waals surface area contributed by atoms with E-state index in [1.54, 1.807) is 0 Å². The van der Waals surface area contributed by atoms with E-state index < -0.39 is 0 Å². The fraction of sp³-hybridized carbons (Fsp3) is 1.00. The largest absolute Gasteiger partial charge is 0.303 e. The van der Waals surface area contributed by atoms with Gasteiger partial charge in [0.2, 0.25) is 0 Å². The van der Waals surface area contributed by atoms with Crippen LogP contribution in [0.15, 0.2) is 0 Å². The summed E-state index contributed by atoms with van der Waals surface area (Å²) >= 11 is 0. The number of hydrogen-bond donors (Lipinski definition) is 0. The van der Waals surface area contributed by atoms with Gasteiger partial charge in [-0.1, -0.05) is 33.1 Å². The van der Waals surface area contributed by atoms with Crippen molar-refractivity contribution in [2.75, 3.05) is 19.6 Å². The molecule has 13 heavy (non-hydrogen) atoms. The van der Waals surface area contributed by atoms with Crippen molar-refractivity contribution in [3.63, 3.8) is 0 Å². The van der Waals surface area contributed by atoms with E-state index in [1.807, 2.05) is 0 Å². The summed E-state index contributed by atoms with van der Waals surface area (Å²) in [4.78, 5) is 2.64. The van der Waals surface area contributed by atoms with Crippen LogP contribution in [0.3, 0.4) is 0 Å². The summed E-state index contributed by atoms with van der Waals surface area (Å²) in [5.74, 6) is 3.11. The lowest BCUT2D eigenvalue weighted by molar-refractivity contribution is 0.0569. The predicted octanol–water partition coefficient (Wildman–Crippen LogP) is 2.76. The van der Waals surface area contributed by atoms with Crippen LogP contribution in [0.5, 0.6) is 0 Å². The Hall–Kier alpha value is -0.0400. The number of rotatable bonds is 2. The maximum absolute atomic E-state index is 2.64. The van der Waals surface area contributed by atoms with Gasteiger partial charge in [0.1, 0.15) is 0 Å². The molecule has 2 rings (SSSR count). The van der Waals surface area contributed by atoms with Crippen molar-refractivity contribution in [3.05, 3.63) is 0 Å². The van der Waals surface area contributed by atoms with Gasteiger partial charge in [-0.25, -0.2) is 0 Å². The molecule has 2 fully saturated rings. The molecule has 1 heteroatoms. The molecule has 1 heterocycles. The van der Waals surface area contributed by atoms with E-state index in [1.165, 1.54) is 45.3 Å². The van der Waals surface area contributed by atoms with E-state index in [-0.39, 0.29) is 0 Å². The first-order valence-corrected chi connectivity index (χ1v) is 6.03. The topological polar surface area (TPSA) is 3.24 Å². The van der Waals surface area contributed by atoms with Crippen molar-refractivity contribution in [1.82, 2.24) is 4.90 Å². The molecular formula is C12H23N. The molecule has 0 aromatic carbocycles. The Balaban J connectivity index is 1.90. The third-order valence-corrected chi connectivity index (χ3v) is 4.30. The second kappa shape index (κ2) is 4.00. The Kier molecular flexibility index (Phi) is 2.92. The average molecular weight is 181 g/mol. The van der Waals surface area contributed by atoms with E-state index in [9.17, 15) is 0 Å². The van der Waals surface area contributed by atoms with Gasteiger partial charge in [-0.2, -0.15) is 0 Å². The van der Waals surface area contributed by atoms with Crippen molar-refractivity contribution in [2.24, 2.45) is 17.8 Å². The number of hydrogen-bond acceptors (Lipinski definition) is 1. The molecule has 0 aromatic rings. The lowest BCUT2D eigenvalue weighted by Crippen LogP contribution is -2.44. The van der Waals surface area contributed by atoms with Crippen LogP contribution >= 0.6 is 0 Å². The van der Waals surface area contributed by atoms with Gasteiger partial charge >= 0.3 is 0 Å². The Morgan fingerprint density at radius 3 is 2.54 bits per heavy atom. The van der Waals surface area contributed by atoms with Crippen molar-refractivity contribution < 1.29 is 0 Å². The van der Waals surface area contributed by atoms with E-state index >= 15 is 0 Å². The van der Waals surface area contributed by atoms with E-state index in [0.717, 1.165) is 17.8 Å². The maximum Gasteiger partial charge on any atom is 0.00147 e. The molecule has 2 aliphatic rings. The molecule has 0 amide bonds. The molecule has 2 atom stereocenters. The minimum absolute atomic E-state index is 0.994. The highest BCUT2D eigenvalue weighted by atomic mass is 15.1. The van der Waals surface area contributed by atoms with Gasteiger partial charge in [0.25, 0.3) is 0 Å². The first-order chi connectivity index (χ1) is 6.31. The van der Waals surface area contributed by atoms with Gasteiger partial charge in [0.15, 0.2) is 0 Å². The standard InChI is InChI=1S/C12H23N/c1-3-13-8-7-10(2)12(9-13)11-5-4-6-11/h10-12H,3-9H2,1-2H3. The lowest BCUT2D eigenvalue weighted by atomic mass is 9.69. The van der Waals surface area contributed by atoms with Crippen LogP contribution in [-0.2, 0) is 0 Å². The van der Waals surface area contributed by atoms with Crippen molar-refractivity contribution in [2.45, 2.75) is 39.5 Å². The summed E-state index contributed by atoms with van der Waals surface area (Å²) in [6.45, 7) is 8.77. The normalized spacial score (nSPS) is 37.4. The first-order valence-electron chi connectivity index (χ1n) is 6.03. The van der Waals surface area contributed by atoms with E-state index in [0.29, 0.717) is 0 Å². The van der Waals surface area contributed by atoms with Gasteiger partial charge in [-0.3, -0.25) is 0 Å². The SMILES string of the molecule is CCN1CCC(C)C(C2CCC2)C1. The van der Waals surface area contributed by atoms with E-state index in [4.69, 9.17) is 0 Å². The molecule has 1 aliphatic heterocycles. The van der Waals surface area contributed by atoms with Crippen LogP contribution in [0.25, 0.3) is 0 Å². The van der Waals surface area contributed by atoms with Gasteiger partial charge in [0, 0.05) is 6.54 Å². The number of likely N-dealkylation sites (tertiary alicyclic amines) is 1. The number of piperidine rings is 1. The highest BCUT2D eigenvalue weighted by molar-refractivity contribution is 4.86. The molecule has 0 spiro atoms. The Morgan fingerprint density at radius 2 is 2.00 bits per heavy atom. The zero-order valence-electron chi connectivity index (χ0n) is 9.13. The highest BCUT2D eigenvalue weighted by Crippen LogP contribution is 2.40. The Bertz CT molecular complexity index is 161. The molecule has 0 radical (unpaired) electrons. The molecule has 1 aliphatic carbocycles. The van der Waals surface area contributed by atoms with Crippen LogP contribution in [-0.4, -0.2) is 24.5 Å². The highest BCUT2D eigenvalue weighted by Gasteiger charge is 2.34. The summed E-state index contributed by atoms with van der Waals surface area (Å²) < 4.78 is 0. The summed E-state index contributed by atoms with van der Waals surface area (Å²) in [7, 11) is 0. The van der Waals surface area contributed by atoms with Gasteiger partial charge in [-0.05, 0) is 37.3 Å². The van der Waals surface area contributed by atoms with Gasteiger partial charge < -0.3 is 4.90 Å². The van der Waals surface area contributed by atoms with Crippen LogP contribution in [0.1, 0.15) is 39.5 Å². The average Bonchev–Trinajstić information content (AvgIpc) is 2.06. The Morgan fingerprint density at radius 1 is 1.23 bits per heavy atom. The quantitative estimate of drug-likeness (QED) is 0.633. The zero-order valence-corrected chi connectivity index (χ0v) is 9.13. The molecule has 0 bridgehead atoms. The van der Waals surface area contributed by atoms with Crippen LogP contribution < -0.4 is 0 Å². The summed E-state index contributed by atoms with van der Waals surface area (Å²) in [6.07, 6.45) is 5.98. The fourth-order valence-electron chi connectivity index (χ4n) is 2.94. The molecule has 1 nitrogen and oxygen atoms in total. The minimum atomic E-state index is 0.994. The third-order valence-electron chi connectivity index (χ3n) is 4.30. The van der Waals surface area contributed by atoms with Gasteiger partial charge in [0.05, 0.1) is 0 Å².